The predicted molar refractivity (Wildman–Crippen MR) is 109 cm³/mol. The van der Waals surface area contributed by atoms with Gasteiger partial charge in [-0.1, -0.05) is 26.0 Å². The Morgan fingerprint density at radius 2 is 1.96 bits per heavy atom. The van der Waals surface area contributed by atoms with Crippen LogP contribution in [0.1, 0.15) is 32.3 Å². The third-order valence-electron chi connectivity index (χ3n) is 5.13. The van der Waals surface area contributed by atoms with Gasteiger partial charge in [0.2, 0.25) is 11.8 Å². The maximum absolute atomic E-state index is 12.6. The second-order valence-electron chi connectivity index (χ2n) is 7.48. The van der Waals surface area contributed by atoms with Crippen LogP contribution in [0, 0.1) is 11.8 Å². The summed E-state index contributed by atoms with van der Waals surface area (Å²) in [5.41, 5.74) is 7.09. The Kier molecular flexibility index (Phi) is 9.06. The molecule has 0 aromatic heterocycles. The summed E-state index contributed by atoms with van der Waals surface area (Å²) < 4.78 is 5.15. The summed E-state index contributed by atoms with van der Waals surface area (Å²) in [5.74, 6) is 0.987. The molecule has 1 aliphatic heterocycles. The monoisotopic (exact) mass is 397 g/mol. The van der Waals surface area contributed by atoms with Crippen LogP contribution in [0.25, 0.3) is 0 Å². The minimum atomic E-state index is -0.263. The Bertz CT molecular complexity index is 621. The molecule has 2 rings (SSSR count). The quantitative estimate of drug-likeness (QED) is 0.730. The summed E-state index contributed by atoms with van der Waals surface area (Å²) in [4.78, 5) is 28.4. The van der Waals surface area contributed by atoms with Gasteiger partial charge in [-0.15, -0.1) is 12.4 Å². The first-order valence-corrected chi connectivity index (χ1v) is 9.23. The highest BCUT2D eigenvalue weighted by Crippen LogP contribution is 2.23. The zero-order valence-electron chi connectivity index (χ0n) is 16.7. The molecular weight excluding hydrogens is 366 g/mol. The van der Waals surface area contributed by atoms with E-state index in [0.717, 1.165) is 17.7 Å². The van der Waals surface area contributed by atoms with Crippen LogP contribution in [-0.2, 0) is 16.1 Å². The first kappa shape index (κ1) is 23.2. The van der Waals surface area contributed by atoms with Gasteiger partial charge in [-0.2, -0.15) is 0 Å². The zero-order chi connectivity index (χ0) is 19.3. The number of carbonyl (C=O) groups excluding carboxylic acids is 2. The summed E-state index contributed by atoms with van der Waals surface area (Å²) in [6.07, 6.45) is 1.06. The Morgan fingerprint density at radius 3 is 2.52 bits per heavy atom. The average Bonchev–Trinajstić information content (AvgIpc) is 2.99. The lowest BCUT2D eigenvalue weighted by atomic mass is 10.0. The van der Waals surface area contributed by atoms with Crippen LogP contribution in [0.3, 0.4) is 0 Å². The summed E-state index contributed by atoms with van der Waals surface area (Å²) in [5, 5.41) is 0. The maximum Gasteiger partial charge on any atom is 0.227 e. The molecule has 6 nitrogen and oxygen atoms in total. The topological polar surface area (TPSA) is 75.9 Å². The first-order chi connectivity index (χ1) is 12.3. The van der Waals surface area contributed by atoms with Crippen molar-refractivity contribution in [3.05, 3.63) is 29.8 Å². The van der Waals surface area contributed by atoms with E-state index in [2.05, 4.69) is 13.8 Å². The van der Waals surface area contributed by atoms with Crippen molar-refractivity contribution in [2.45, 2.75) is 39.3 Å². The van der Waals surface area contributed by atoms with Gasteiger partial charge < -0.3 is 20.3 Å². The number of carbonyl (C=O) groups is 2. The molecule has 0 radical (unpaired) electrons. The highest BCUT2D eigenvalue weighted by molar-refractivity contribution is 5.89. The molecule has 2 atom stereocenters. The largest absolute Gasteiger partial charge is 0.497 e. The minimum Gasteiger partial charge on any atom is -0.497 e. The molecule has 2 amide bonds. The number of rotatable bonds is 8. The Balaban J connectivity index is 0.00000364. The lowest BCUT2D eigenvalue weighted by molar-refractivity contribution is -0.134. The lowest BCUT2D eigenvalue weighted by Gasteiger charge is -2.24. The number of methoxy groups -OCH3 is 1. The number of benzene rings is 1. The van der Waals surface area contributed by atoms with Crippen molar-refractivity contribution in [3.63, 3.8) is 0 Å². The molecule has 0 spiro atoms. The van der Waals surface area contributed by atoms with Crippen LogP contribution >= 0.6 is 12.4 Å². The minimum absolute atomic E-state index is 0. The van der Waals surface area contributed by atoms with Crippen molar-refractivity contribution in [1.29, 1.82) is 0 Å². The summed E-state index contributed by atoms with van der Waals surface area (Å²) in [6.45, 7) is 5.79. The van der Waals surface area contributed by atoms with E-state index in [1.54, 1.807) is 24.0 Å². The lowest BCUT2D eigenvalue weighted by Crippen LogP contribution is -2.38. The van der Waals surface area contributed by atoms with Gasteiger partial charge in [-0.25, -0.2) is 0 Å². The fourth-order valence-electron chi connectivity index (χ4n) is 3.14. The molecule has 1 aromatic rings. The highest BCUT2D eigenvalue weighted by Gasteiger charge is 2.35. The van der Waals surface area contributed by atoms with Crippen molar-refractivity contribution in [1.82, 2.24) is 9.80 Å². The second-order valence-corrected chi connectivity index (χ2v) is 7.48. The average molecular weight is 398 g/mol. The number of ether oxygens (including phenoxy) is 1. The van der Waals surface area contributed by atoms with Crippen molar-refractivity contribution in [2.24, 2.45) is 17.6 Å². The van der Waals surface area contributed by atoms with Gasteiger partial charge in [0.25, 0.3) is 0 Å². The molecule has 1 aliphatic rings. The van der Waals surface area contributed by atoms with Gasteiger partial charge in [-0.3, -0.25) is 9.59 Å². The number of nitrogens with zero attached hydrogens (tertiary/aromatic N) is 2. The van der Waals surface area contributed by atoms with Crippen LogP contribution in [0.15, 0.2) is 24.3 Å². The first-order valence-electron chi connectivity index (χ1n) is 9.23. The number of amides is 2. The molecule has 2 N–H and O–H groups in total. The van der Waals surface area contributed by atoms with Crippen LogP contribution in [0.4, 0.5) is 0 Å². The molecule has 27 heavy (non-hydrogen) atoms. The standard InChI is InChI=1S/C20H31N3O3.ClH/c1-14(2)18(21)9-10-22(3)20(25)16-11-19(24)23(13-16)12-15-5-7-17(26-4)8-6-15;/h5-8,14,16,18H,9-13,21H2,1-4H3;1H. The zero-order valence-corrected chi connectivity index (χ0v) is 17.5. The third-order valence-corrected chi connectivity index (χ3v) is 5.13. The molecule has 2 unspecified atom stereocenters. The summed E-state index contributed by atoms with van der Waals surface area (Å²) in [6, 6.07) is 7.73. The van der Waals surface area contributed by atoms with Gasteiger partial charge in [-0.05, 0) is 30.0 Å². The van der Waals surface area contributed by atoms with Crippen molar-refractivity contribution in [2.75, 3.05) is 27.2 Å². The molecule has 1 fully saturated rings. The Hall–Kier alpha value is -1.79. The molecule has 1 heterocycles. The second kappa shape index (κ2) is 10.5. The number of hydrogen-bond donors (Lipinski definition) is 1. The number of halogens is 1. The van der Waals surface area contributed by atoms with Crippen molar-refractivity contribution < 1.29 is 14.3 Å². The Labute approximate surface area is 168 Å². The molecule has 0 bridgehead atoms. The highest BCUT2D eigenvalue weighted by atomic mass is 35.5. The van der Waals surface area contributed by atoms with E-state index in [1.165, 1.54) is 0 Å². The molecule has 1 aromatic carbocycles. The molecular formula is C20H32ClN3O3. The van der Waals surface area contributed by atoms with E-state index in [9.17, 15) is 9.59 Å². The van der Waals surface area contributed by atoms with E-state index in [0.29, 0.717) is 25.6 Å². The Morgan fingerprint density at radius 1 is 1.33 bits per heavy atom. The fourth-order valence-corrected chi connectivity index (χ4v) is 3.14. The SMILES string of the molecule is COc1ccc(CN2CC(C(=O)N(C)CCC(N)C(C)C)CC2=O)cc1.Cl. The van der Waals surface area contributed by atoms with E-state index in [-0.39, 0.29) is 42.6 Å². The van der Waals surface area contributed by atoms with Gasteiger partial charge in [0.05, 0.1) is 13.0 Å². The molecule has 0 saturated carbocycles. The van der Waals surface area contributed by atoms with Gasteiger partial charge in [0.15, 0.2) is 0 Å². The van der Waals surface area contributed by atoms with Gasteiger partial charge in [0.1, 0.15) is 5.75 Å². The van der Waals surface area contributed by atoms with E-state index >= 15 is 0 Å². The molecule has 7 heteroatoms. The maximum atomic E-state index is 12.6. The van der Waals surface area contributed by atoms with Crippen LogP contribution in [0.5, 0.6) is 5.75 Å². The van der Waals surface area contributed by atoms with E-state index in [4.69, 9.17) is 10.5 Å². The summed E-state index contributed by atoms with van der Waals surface area (Å²) in [7, 11) is 3.42. The number of nitrogens with two attached hydrogens (primary N) is 1. The van der Waals surface area contributed by atoms with Crippen LogP contribution in [0.2, 0.25) is 0 Å². The fraction of sp³-hybridized carbons (Fsp3) is 0.600. The smallest absolute Gasteiger partial charge is 0.227 e. The number of hydrogen-bond acceptors (Lipinski definition) is 4. The van der Waals surface area contributed by atoms with Gasteiger partial charge in [0, 0.05) is 39.1 Å². The number of likely N-dealkylation sites (tertiary alicyclic amines) is 1. The van der Waals surface area contributed by atoms with Gasteiger partial charge >= 0.3 is 0 Å². The van der Waals surface area contributed by atoms with E-state index < -0.39 is 0 Å². The van der Waals surface area contributed by atoms with Crippen molar-refractivity contribution >= 4 is 24.2 Å². The third kappa shape index (κ3) is 6.40. The molecule has 152 valence electrons. The molecule has 1 saturated heterocycles. The molecule has 0 aliphatic carbocycles. The normalized spacial score (nSPS) is 17.6. The van der Waals surface area contributed by atoms with E-state index in [1.807, 2.05) is 24.3 Å². The van der Waals surface area contributed by atoms with Crippen LogP contribution in [-0.4, -0.2) is 54.9 Å². The predicted octanol–water partition coefficient (Wildman–Crippen LogP) is 2.30. The summed E-state index contributed by atoms with van der Waals surface area (Å²) >= 11 is 0. The van der Waals surface area contributed by atoms with Crippen molar-refractivity contribution in [3.8, 4) is 5.75 Å². The van der Waals surface area contributed by atoms with Crippen LogP contribution < -0.4 is 10.5 Å².